The fraction of sp³-hybridized carbons (Fsp3) is 0.600. The molecule has 0 aromatic heterocycles. The Hall–Kier alpha value is -2.09. The minimum atomic E-state index is -3.34. The number of rotatable bonds is 4. The molecule has 0 aliphatic carbocycles. The molecule has 1 fully saturated rings. The van der Waals surface area contributed by atoms with Crippen molar-refractivity contribution in [2.75, 3.05) is 23.7 Å². The molecule has 1 atom stereocenters. The second-order valence-corrected chi connectivity index (χ2v) is 10.0. The summed E-state index contributed by atoms with van der Waals surface area (Å²) in [6.07, 6.45) is 3.29. The summed E-state index contributed by atoms with van der Waals surface area (Å²) in [6, 6.07) is 5.10. The van der Waals surface area contributed by atoms with Gasteiger partial charge in [-0.15, -0.1) is 0 Å². The van der Waals surface area contributed by atoms with Crippen molar-refractivity contribution < 1.29 is 18.0 Å². The molecule has 2 aliphatic heterocycles. The van der Waals surface area contributed by atoms with Gasteiger partial charge in [0.05, 0.1) is 11.9 Å². The number of amides is 2. The Morgan fingerprint density at radius 1 is 1.18 bits per heavy atom. The maximum Gasteiger partial charge on any atom is 0.251 e. The van der Waals surface area contributed by atoms with Gasteiger partial charge in [0.2, 0.25) is 15.9 Å². The number of piperidine rings is 1. The molecule has 8 heteroatoms. The lowest BCUT2D eigenvalue weighted by Gasteiger charge is -2.33. The predicted molar refractivity (Wildman–Crippen MR) is 109 cm³/mol. The van der Waals surface area contributed by atoms with Crippen LogP contribution in [0.15, 0.2) is 18.2 Å². The van der Waals surface area contributed by atoms with E-state index in [-0.39, 0.29) is 29.8 Å². The minimum absolute atomic E-state index is 0.00792. The molecule has 0 spiro atoms. The average molecular weight is 408 g/mol. The van der Waals surface area contributed by atoms with E-state index in [0.717, 1.165) is 18.4 Å². The summed E-state index contributed by atoms with van der Waals surface area (Å²) in [5.74, 6) is 0.00120. The number of fused-ring (bicyclic) bond motifs is 1. The Labute approximate surface area is 167 Å². The van der Waals surface area contributed by atoms with E-state index in [9.17, 15) is 18.0 Å². The maximum atomic E-state index is 12.7. The van der Waals surface area contributed by atoms with Crippen molar-refractivity contribution in [3.05, 3.63) is 29.3 Å². The standard InChI is InChI=1S/C20H29N3O4S/c1-13(2)20(25)22-9-7-17(8-10-22)21-19(24)15-5-6-18-16(12-15)11-14(3)23(18)28(4,26)27/h5-6,12-14,17H,7-11H2,1-4H3,(H,21,24). The van der Waals surface area contributed by atoms with Crippen LogP contribution < -0.4 is 9.62 Å². The van der Waals surface area contributed by atoms with Crippen LogP contribution in [0.25, 0.3) is 0 Å². The predicted octanol–water partition coefficient (Wildman–Crippen LogP) is 1.77. The van der Waals surface area contributed by atoms with Crippen LogP contribution in [0.4, 0.5) is 5.69 Å². The largest absolute Gasteiger partial charge is 0.349 e. The van der Waals surface area contributed by atoms with Crippen LogP contribution in [-0.4, -0.2) is 56.6 Å². The highest BCUT2D eigenvalue weighted by molar-refractivity contribution is 7.92. The van der Waals surface area contributed by atoms with Crippen molar-refractivity contribution >= 4 is 27.5 Å². The Bertz CT molecular complexity index is 873. The van der Waals surface area contributed by atoms with Crippen molar-refractivity contribution in [3.8, 4) is 0 Å². The van der Waals surface area contributed by atoms with E-state index in [2.05, 4.69) is 5.32 Å². The van der Waals surface area contributed by atoms with Gasteiger partial charge in [0, 0.05) is 36.7 Å². The molecule has 3 rings (SSSR count). The highest BCUT2D eigenvalue weighted by Gasteiger charge is 2.33. The summed E-state index contributed by atoms with van der Waals surface area (Å²) in [4.78, 5) is 26.6. The normalized spacial score (nSPS) is 20.4. The average Bonchev–Trinajstić information content (AvgIpc) is 2.96. The number of nitrogens with zero attached hydrogens (tertiary/aromatic N) is 2. The van der Waals surface area contributed by atoms with E-state index >= 15 is 0 Å². The molecule has 28 heavy (non-hydrogen) atoms. The summed E-state index contributed by atoms with van der Waals surface area (Å²) in [5, 5.41) is 3.06. The van der Waals surface area contributed by atoms with Gasteiger partial charge in [-0.25, -0.2) is 8.42 Å². The summed E-state index contributed by atoms with van der Waals surface area (Å²) in [5.41, 5.74) is 2.08. The molecule has 1 N–H and O–H groups in total. The smallest absolute Gasteiger partial charge is 0.251 e. The highest BCUT2D eigenvalue weighted by Crippen LogP contribution is 2.34. The zero-order valence-electron chi connectivity index (χ0n) is 16.9. The highest BCUT2D eigenvalue weighted by atomic mass is 32.2. The van der Waals surface area contributed by atoms with E-state index in [1.807, 2.05) is 25.7 Å². The van der Waals surface area contributed by atoms with Gasteiger partial charge in [-0.2, -0.15) is 0 Å². The third kappa shape index (κ3) is 4.16. The Morgan fingerprint density at radius 3 is 2.39 bits per heavy atom. The van der Waals surface area contributed by atoms with Crippen molar-refractivity contribution in [1.82, 2.24) is 10.2 Å². The first-order chi connectivity index (χ1) is 13.1. The molecule has 1 aromatic rings. The van der Waals surface area contributed by atoms with Crippen LogP contribution in [0.1, 0.15) is 49.5 Å². The van der Waals surface area contributed by atoms with E-state index in [0.29, 0.717) is 30.8 Å². The molecule has 1 aromatic carbocycles. The van der Waals surface area contributed by atoms with Crippen LogP contribution in [0.3, 0.4) is 0 Å². The van der Waals surface area contributed by atoms with Gasteiger partial charge < -0.3 is 10.2 Å². The van der Waals surface area contributed by atoms with Crippen LogP contribution >= 0.6 is 0 Å². The van der Waals surface area contributed by atoms with Crippen LogP contribution in [0.5, 0.6) is 0 Å². The number of hydrogen-bond donors (Lipinski definition) is 1. The Kier molecular flexibility index (Phi) is 5.70. The monoisotopic (exact) mass is 407 g/mol. The Balaban J connectivity index is 1.64. The molecule has 2 aliphatic rings. The summed E-state index contributed by atoms with van der Waals surface area (Å²) < 4.78 is 25.5. The first-order valence-corrected chi connectivity index (χ1v) is 11.6. The maximum absolute atomic E-state index is 12.7. The number of benzene rings is 1. The van der Waals surface area contributed by atoms with Gasteiger partial charge in [0.25, 0.3) is 5.91 Å². The summed E-state index contributed by atoms with van der Waals surface area (Å²) in [6.45, 7) is 6.98. The number of anilines is 1. The first-order valence-electron chi connectivity index (χ1n) is 9.80. The minimum Gasteiger partial charge on any atom is -0.349 e. The summed E-state index contributed by atoms with van der Waals surface area (Å²) in [7, 11) is -3.34. The molecule has 2 amide bonds. The van der Waals surface area contributed by atoms with E-state index in [1.165, 1.54) is 10.6 Å². The fourth-order valence-corrected chi connectivity index (χ4v) is 5.39. The van der Waals surface area contributed by atoms with Crippen LogP contribution in [-0.2, 0) is 21.2 Å². The Morgan fingerprint density at radius 2 is 1.82 bits per heavy atom. The first kappa shape index (κ1) is 20.6. The molecule has 0 bridgehead atoms. The van der Waals surface area contributed by atoms with Gasteiger partial charge in [-0.05, 0) is 49.9 Å². The van der Waals surface area contributed by atoms with Gasteiger partial charge in [0.15, 0.2) is 0 Å². The second kappa shape index (κ2) is 7.73. The topological polar surface area (TPSA) is 86.8 Å². The van der Waals surface area contributed by atoms with Crippen molar-refractivity contribution in [2.24, 2.45) is 5.92 Å². The van der Waals surface area contributed by atoms with Gasteiger partial charge in [-0.1, -0.05) is 13.8 Å². The third-order valence-corrected chi connectivity index (χ3v) is 6.76. The van der Waals surface area contributed by atoms with Crippen LogP contribution in [0, 0.1) is 5.92 Å². The van der Waals surface area contributed by atoms with Crippen LogP contribution in [0.2, 0.25) is 0 Å². The van der Waals surface area contributed by atoms with Crippen molar-refractivity contribution in [2.45, 2.75) is 52.1 Å². The quantitative estimate of drug-likeness (QED) is 0.824. The lowest BCUT2D eigenvalue weighted by Crippen LogP contribution is -2.47. The zero-order valence-corrected chi connectivity index (χ0v) is 17.8. The van der Waals surface area contributed by atoms with Gasteiger partial charge in [0.1, 0.15) is 0 Å². The molecule has 154 valence electrons. The van der Waals surface area contributed by atoms with E-state index in [4.69, 9.17) is 0 Å². The number of sulfonamides is 1. The summed E-state index contributed by atoms with van der Waals surface area (Å²) >= 11 is 0. The lowest BCUT2D eigenvalue weighted by molar-refractivity contribution is -0.135. The van der Waals surface area contributed by atoms with E-state index in [1.54, 1.807) is 18.2 Å². The number of carbonyl (C=O) groups is 2. The number of hydrogen-bond acceptors (Lipinski definition) is 4. The molecule has 1 saturated heterocycles. The van der Waals surface area contributed by atoms with E-state index < -0.39 is 10.0 Å². The van der Waals surface area contributed by atoms with Gasteiger partial charge in [-0.3, -0.25) is 13.9 Å². The third-order valence-electron chi connectivity index (χ3n) is 5.49. The number of nitrogens with one attached hydrogen (secondary N) is 1. The molecular weight excluding hydrogens is 378 g/mol. The zero-order chi connectivity index (χ0) is 20.6. The SMILES string of the molecule is CC(C)C(=O)N1CCC(NC(=O)c2ccc3c(c2)CC(C)N3S(C)(=O)=O)CC1. The number of likely N-dealkylation sites (tertiary alicyclic amines) is 1. The molecule has 1 unspecified atom stereocenters. The van der Waals surface area contributed by atoms with Gasteiger partial charge >= 0.3 is 0 Å². The van der Waals surface area contributed by atoms with Crippen molar-refractivity contribution in [3.63, 3.8) is 0 Å². The molecule has 0 radical (unpaired) electrons. The molecule has 2 heterocycles. The van der Waals surface area contributed by atoms with Crippen molar-refractivity contribution in [1.29, 1.82) is 0 Å². The fourth-order valence-electron chi connectivity index (χ4n) is 4.13. The molecule has 7 nitrogen and oxygen atoms in total. The lowest BCUT2D eigenvalue weighted by atomic mass is 10.0. The number of carbonyl (C=O) groups excluding carboxylic acids is 2. The molecule has 0 saturated carbocycles. The second-order valence-electron chi connectivity index (χ2n) is 8.18. The molecular formula is C20H29N3O4S.